The minimum atomic E-state index is -0.299. The summed E-state index contributed by atoms with van der Waals surface area (Å²) < 4.78 is 0. The lowest BCUT2D eigenvalue weighted by Crippen LogP contribution is -2.19. The minimum Gasteiger partial charge on any atom is -0.393 e. The summed E-state index contributed by atoms with van der Waals surface area (Å²) in [5, 5.41) is 17.8. The fraction of sp³-hybridized carbons (Fsp3) is 0.875. The van der Waals surface area contributed by atoms with E-state index in [0.717, 1.165) is 19.3 Å². The van der Waals surface area contributed by atoms with Crippen LogP contribution in [0.5, 0.6) is 0 Å². The van der Waals surface area contributed by atoms with Crippen molar-refractivity contribution in [3.63, 3.8) is 0 Å². The molecule has 1 aliphatic carbocycles. The number of aliphatic hydroxyl groups excluding tert-OH is 1. The maximum atomic E-state index is 9.20. The molecule has 0 spiro atoms. The number of hydrogen-bond acceptors (Lipinski definition) is 2. The third-order valence-electron chi connectivity index (χ3n) is 2.35. The highest BCUT2D eigenvalue weighted by molar-refractivity contribution is 4.94. The molecule has 0 amide bonds. The Balaban J connectivity index is 2.52. The van der Waals surface area contributed by atoms with Gasteiger partial charge in [0.1, 0.15) is 0 Å². The molecule has 0 saturated heterocycles. The molecular formula is C8H13NO. The molecule has 1 aliphatic rings. The van der Waals surface area contributed by atoms with E-state index < -0.39 is 0 Å². The normalized spacial score (nSPS) is 35.3. The van der Waals surface area contributed by atoms with Crippen LogP contribution < -0.4 is 0 Å². The zero-order chi connectivity index (χ0) is 7.56. The second-order valence-electron chi connectivity index (χ2n) is 3.07. The standard InChI is InChI=1S/C8H13NO/c1-6(10)8-4-2-3-7(8)5-9/h6-8,10H,2-4H2,1H3/t6?,7-,8-/m0/s1. The van der Waals surface area contributed by atoms with Crippen molar-refractivity contribution in [1.82, 2.24) is 0 Å². The highest BCUT2D eigenvalue weighted by Gasteiger charge is 2.30. The lowest BCUT2D eigenvalue weighted by atomic mass is 9.93. The Morgan fingerprint density at radius 1 is 1.60 bits per heavy atom. The van der Waals surface area contributed by atoms with E-state index in [0.29, 0.717) is 0 Å². The maximum Gasteiger partial charge on any atom is 0.0659 e. The van der Waals surface area contributed by atoms with Gasteiger partial charge in [0.2, 0.25) is 0 Å². The lowest BCUT2D eigenvalue weighted by Gasteiger charge is -2.15. The first-order valence-corrected chi connectivity index (χ1v) is 3.83. The molecule has 0 bridgehead atoms. The van der Waals surface area contributed by atoms with Crippen molar-refractivity contribution in [3.05, 3.63) is 0 Å². The van der Waals surface area contributed by atoms with Gasteiger partial charge >= 0.3 is 0 Å². The Hall–Kier alpha value is -0.550. The largest absolute Gasteiger partial charge is 0.393 e. The van der Waals surface area contributed by atoms with Crippen LogP contribution >= 0.6 is 0 Å². The Bertz CT molecular complexity index is 148. The van der Waals surface area contributed by atoms with Crippen LogP contribution in [0.3, 0.4) is 0 Å². The Kier molecular flexibility index (Phi) is 2.29. The van der Waals surface area contributed by atoms with Crippen LogP contribution in [0, 0.1) is 23.2 Å². The van der Waals surface area contributed by atoms with Crippen molar-refractivity contribution >= 4 is 0 Å². The molecule has 1 unspecified atom stereocenters. The molecular weight excluding hydrogens is 126 g/mol. The quantitative estimate of drug-likeness (QED) is 0.595. The molecule has 2 nitrogen and oxygen atoms in total. The van der Waals surface area contributed by atoms with Crippen LogP contribution in [0.2, 0.25) is 0 Å². The number of nitrogens with zero attached hydrogens (tertiary/aromatic N) is 1. The summed E-state index contributed by atoms with van der Waals surface area (Å²) in [4.78, 5) is 0. The van der Waals surface area contributed by atoms with Crippen LogP contribution in [-0.4, -0.2) is 11.2 Å². The van der Waals surface area contributed by atoms with Gasteiger partial charge in [-0.2, -0.15) is 5.26 Å². The van der Waals surface area contributed by atoms with Crippen molar-refractivity contribution in [1.29, 1.82) is 5.26 Å². The Morgan fingerprint density at radius 2 is 2.30 bits per heavy atom. The molecule has 0 aromatic heterocycles. The van der Waals surface area contributed by atoms with Gasteiger partial charge in [0.15, 0.2) is 0 Å². The maximum absolute atomic E-state index is 9.20. The molecule has 1 N–H and O–H groups in total. The zero-order valence-corrected chi connectivity index (χ0v) is 6.25. The van der Waals surface area contributed by atoms with Gasteiger partial charge in [-0.15, -0.1) is 0 Å². The Labute approximate surface area is 61.5 Å². The topological polar surface area (TPSA) is 44.0 Å². The monoisotopic (exact) mass is 139 g/mol. The van der Waals surface area contributed by atoms with Crippen molar-refractivity contribution < 1.29 is 5.11 Å². The summed E-state index contributed by atoms with van der Waals surface area (Å²) >= 11 is 0. The van der Waals surface area contributed by atoms with E-state index in [1.165, 1.54) is 0 Å². The van der Waals surface area contributed by atoms with Crippen molar-refractivity contribution in [2.24, 2.45) is 11.8 Å². The first kappa shape index (κ1) is 7.56. The first-order chi connectivity index (χ1) is 4.75. The van der Waals surface area contributed by atoms with Gasteiger partial charge in [0.25, 0.3) is 0 Å². The third-order valence-corrected chi connectivity index (χ3v) is 2.35. The van der Waals surface area contributed by atoms with Crippen LogP contribution in [0.25, 0.3) is 0 Å². The molecule has 0 radical (unpaired) electrons. The third kappa shape index (κ3) is 1.30. The molecule has 0 heterocycles. The molecule has 1 saturated carbocycles. The molecule has 10 heavy (non-hydrogen) atoms. The van der Waals surface area contributed by atoms with Gasteiger partial charge in [-0.3, -0.25) is 0 Å². The van der Waals surface area contributed by atoms with Gasteiger partial charge in [0, 0.05) is 5.92 Å². The average Bonchev–Trinajstić information content (AvgIpc) is 2.33. The van der Waals surface area contributed by atoms with E-state index in [1.807, 2.05) is 0 Å². The second kappa shape index (κ2) is 3.03. The minimum absolute atomic E-state index is 0.111. The van der Waals surface area contributed by atoms with Gasteiger partial charge in [-0.25, -0.2) is 0 Å². The SMILES string of the molecule is CC(O)[C@@H]1CCC[C@H]1C#N. The van der Waals surface area contributed by atoms with E-state index in [1.54, 1.807) is 6.92 Å². The molecule has 0 aromatic carbocycles. The van der Waals surface area contributed by atoms with E-state index in [-0.39, 0.29) is 17.9 Å². The van der Waals surface area contributed by atoms with Crippen molar-refractivity contribution in [2.75, 3.05) is 0 Å². The zero-order valence-electron chi connectivity index (χ0n) is 6.25. The van der Waals surface area contributed by atoms with Crippen LogP contribution in [0.15, 0.2) is 0 Å². The molecule has 1 fully saturated rings. The number of hydrogen-bond donors (Lipinski definition) is 1. The fourth-order valence-corrected chi connectivity index (χ4v) is 1.73. The summed E-state index contributed by atoms with van der Waals surface area (Å²) in [5.41, 5.74) is 0. The molecule has 56 valence electrons. The van der Waals surface area contributed by atoms with Crippen LogP contribution in [-0.2, 0) is 0 Å². The summed E-state index contributed by atoms with van der Waals surface area (Å²) in [7, 11) is 0. The molecule has 2 heteroatoms. The van der Waals surface area contributed by atoms with E-state index in [9.17, 15) is 5.11 Å². The number of rotatable bonds is 1. The van der Waals surface area contributed by atoms with Gasteiger partial charge in [-0.1, -0.05) is 6.42 Å². The lowest BCUT2D eigenvalue weighted by molar-refractivity contribution is 0.115. The molecule has 0 aliphatic heterocycles. The summed E-state index contributed by atoms with van der Waals surface area (Å²) in [6.45, 7) is 1.78. The molecule has 1 rings (SSSR count). The summed E-state index contributed by atoms with van der Waals surface area (Å²) in [6, 6.07) is 2.24. The fourth-order valence-electron chi connectivity index (χ4n) is 1.73. The van der Waals surface area contributed by atoms with Crippen LogP contribution in [0.4, 0.5) is 0 Å². The van der Waals surface area contributed by atoms with Crippen LogP contribution in [0.1, 0.15) is 26.2 Å². The van der Waals surface area contributed by atoms with E-state index >= 15 is 0 Å². The van der Waals surface area contributed by atoms with Crippen molar-refractivity contribution in [2.45, 2.75) is 32.3 Å². The highest BCUT2D eigenvalue weighted by Crippen LogP contribution is 2.33. The van der Waals surface area contributed by atoms with E-state index in [4.69, 9.17) is 5.26 Å². The molecule has 0 aromatic rings. The summed E-state index contributed by atoms with van der Waals surface area (Å²) in [5.74, 6) is 0.352. The predicted octanol–water partition coefficient (Wildman–Crippen LogP) is 1.31. The second-order valence-corrected chi connectivity index (χ2v) is 3.07. The number of nitriles is 1. The number of aliphatic hydroxyl groups is 1. The average molecular weight is 139 g/mol. The highest BCUT2D eigenvalue weighted by atomic mass is 16.3. The van der Waals surface area contributed by atoms with Crippen molar-refractivity contribution in [3.8, 4) is 6.07 Å². The molecule has 3 atom stereocenters. The first-order valence-electron chi connectivity index (χ1n) is 3.83. The van der Waals surface area contributed by atoms with Gasteiger partial charge in [-0.05, 0) is 19.8 Å². The van der Waals surface area contributed by atoms with Gasteiger partial charge in [0.05, 0.1) is 18.1 Å². The Morgan fingerprint density at radius 3 is 2.70 bits per heavy atom. The smallest absolute Gasteiger partial charge is 0.0659 e. The van der Waals surface area contributed by atoms with Gasteiger partial charge < -0.3 is 5.11 Å². The predicted molar refractivity (Wildman–Crippen MR) is 38.1 cm³/mol. The van der Waals surface area contributed by atoms with E-state index in [2.05, 4.69) is 6.07 Å². The summed E-state index contributed by atoms with van der Waals surface area (Å²) in [6.07, 6.45) is 2.81.